The van der Waals surface area contributed by atoms with Gasteiger partial charge in [-0.25, -0.2) is 0 Å². The Morgan fingerprint density at radius 2 is 0.889 bits per heavy atom. The average Bonchev–Trinajstić information content (AvgIpc) is 3.26. The summed E-state index contributed by atoms with van der Waals surface area (Å²) in [6, 6.07) is 29.4. The van der Waals surface area contributed by atoms with E-state index in [-0.39, 0.29) is 0 Å². The van der Waals surface area contributed by atoms with E-state index in [1.165, 1.54) is 32.7 Å². The van der Waals surface area contributed by atoms with Crippen molar-refractivity contribution < 1.29 is 8.83 Å². The maximum absolute atomic E-state index is 5.94. The quantitative estimate of drug-likeness (QED) is 0.334. The zero-order valence-corrected chi connectivity index (χ0v) is 14.6. The predicted molar refractivity (Wildman–Crippen MR) is 110 cm³/mol. The molecule has 0 fully saturated rings. The number of fused-ring (bicyclic) bond motifs is 6. The SMILES string of the molecule is c1ccc2c(c1)oc1ccc(Cc3ccc4oc5ccccc5c4c3)cc12. The first-order chi connectivity index (χ1) is 13.3. The summed E-state index contributed by atoms with van der Waals surface area (Å²) in [5, 5.41) is 4.70. The van der Waals surface area contributed by atoms with Crippen molar-refractivity contribution in [1.29, 1.82) is 0 Å². The summed E-state index contributed by atoms with van der Waals surface area (Å²) in [7, 11) is 0. The summed E-state index contributed by atoms with van der Waals surface area (Å²) in [4.78, 5) is 0. The van der Waals surface area contributed by atoms with E-state index >= 15 is 0 Å². The molecule has 128 valence electrons. The second-order valence-corrected chi connectivity index (χ2v) is 7.03. The lowest BCUT2D eigenvalue weighted by Gasteiger charge is -2.03. The van der Waals surface area contributed by atoms with E-state index in [4.69, 9.17) is 8.83 Å². The van der Waals surface area contributed by atoms with Crippen molar-refractivity contribution in [3.63, 3.8) is 0 Å². The number of benzene rings is 4. The molecule has 4 aromatic carbocycles. The topological polar surface area (TPSA) is 26.3 Å². The summed E-state index contributed by atoms with van der Waals surface area (Å²) in [5.41, 5.74) is 6.32. The van der Waals surface area contributed by atoms with E-state index < -0.39 is 0 Å². The van der Waals surface area contributed by atoms with Gasteiger partial charge in [0, 0.05) is 21.5 Å². The first-order valence-electron chi connectivity index (χ1n) is 9.15. The number of rotatable bonds is 2. The molecule has 6 rings (SSSR count). The molecule has 0 saturated heterocycles. The van der Waals surface area contributed by atoms with E-state index in [9.17, 15) is 0 Å². The Labute approximate surface area is 155 Å². The van der Waals surface area contributed by atoms with Crippen molar-refractivity contribution in [2.45, 2.75) is 6.42 Å². The van der Waals surface area contributed by atoms with Gasteiger partial charge >= 0.3 is 0 Å². The molecule has 0 unspecified atom stereocenters. The molecule has 0 radical (unpaired) electrons. The highest BCUT2D eigenvalue weighted by Gasteiger charge is 2.09. The van der Waals surface area contributed by atoms with Gasteiger partial charge in [-0.1, -0.05) is 48.5 Å². The van der Waals surface area contributed by atoms with Gasteiger partial charge in [-0.05, 0) is 53.9 Å². The third kappa shape index (κ3) is 2.27. The smallest absolute Gasteiger partial charge is 0.135 e. The molecule has 2 nitrogen and oxygen atoms in total. The largest absolute Gasteiger partial charge is 0.456 e. The van der Waals surface area contributed by atoms with E-state index in [1.54, 1.807) is 0 Å². The molecule has 0 N–H and O–H groups in total. The Balaban J connectivity index is 1.46. The highest BCUT2D eigenvalue weighted by molar-refractivity contribution is 6.06. The van der Waals surface area contributed by atoms with Crippen LogP contribution in [0.25, 0.3) is 43.9 Å². The minimum absolute atomic E-state index is 0.880. The molecule has 2 heterocycles. The Hall–Kier alpha value is -3.52. The highest BCUT2D eigenvalue weighted by Crippen LogP contribution is 2.32. The molecule has 2 heteroatoms. The van der Waals surface area contributed by atoms with Crippen LogP contribution in [0.2, 0.25) is 0 Å². The van der Waals surface area contributed by atoms with Crippen LogP contribution in [-0.2, 0) is 6.42 Å². The predicted octanol–water partition coefficient (Wildman–Crippen LogP) is 7.08. The van der Waals surface area contributed by atoms with Gasteiger partial charge in [0.25, 0.3) is 0 Å². The standard InChI is InChI=1S/C25H16O2/c1-3-7-22-18(5-1)20-14-16(9-11-24(20)26-22)13-17-10-12-25-21(15-17)19-6-2-4-8-23(19)27-25/h1-12,14-15H,13H2. The molecular formula is C25H16O2. The fourth-order valence-corrected chi connectivity index (χ4v) is 4.00. The van der Waals surface area contributed by atoms with Crippen molar-refractivity contribution in [2.75, 3.05) is 0 Å². The molecule has 0 atom stereocenters. The molecule has 0 bridgehead atoms. The minimum atomic E-state index is 0.880. The third-order valence-corrected chi connectivity index (χ3v) is 5.29. The van der Waals surface area contributed by atoms with Gasteiger partial charge in [0.2, 0.25) is 0 Å². The lowest BCUT2D eigenvalue weighted by molar-refractivity contribution is 0.668. The maximum Gasteiger partial charge on any atom is 0.135 e. The van der Waals surface area contributed by atoms with Crippen LogP contribution in [0.3, 0.4) is 0 Å². The van der Waals surface area contributed by atoms with Crippen LogP contribution < -0.4 is 0 Å². The lowest BCUT2D eigenvalue weighted by Crippen LogP contribution is -1.87. The van der Waals surface area contributed by atoms with Gasteiger partial charge in [0.05, 0.1) is 0 Å². The zero-order chi connectivity index (χ0) is 17.8. The molecule has 6 aromatic rings. The Morgan fingerprint density at radius 1 is 0.444 bits per heavy atom. The Bertz CT molecular complexity index is 1340. The van der Waals surface area contributed by atoms with E-state index in [0.717, 1.165) is 28.8 Å². The van der Waals surface area contributed by atoms with Gasteiger partial charge < -0.3 is 8.83 Å². The maximum atomic E-state index is 5.94. The highest BCUT2D eigenvalue weighted by atomic mass is 16.3. The minimum Gasteiger partial charge on any atom is -0.456 e. The molecule has 27 heavy (non-hydrogen) atoms. The van der Waals surface area contributed by atoms with Gasteiger partial charge in [-0.3, -0.25) is 0 Å². The number of hydrogen-bond donors (Lipinski definition) is 0. The fourth-order valence-electron chi connectivity index (χ4n) is 4.00. The van der Waals surface area contributed by atoms with Crippen molar-refractivity contribution in [3.8, 4) is 0 Å². The number of furan rings is 2. The van der Waals surface area contributed by atoms with Crippen LogP contribution in [0.1, 0.15) is 11.1 Å². The summed E-state index contributed by atoms with van der Waals surface area (Å²) in [6.45, 7) is 0. The normalized spacial score (nSPS) is 11.9. The van der Waals surface area contributed by atoms with Gasteiger partial charge in [-0.15, -0.1) is 0 Å². The van der Waals surface area contributed by atoms with Crippen LogP contribution in [0.4, 0.5) is 0 Å². The fraction of sp³-hybridized carbons (Fsp3) is 0.0400. The molecule has 2 aromatic heterocycles. The van der Waals surface area contributed by atoms with Crippen LogP contribution in [0, 0.1) is 0 Å². The summed E-state index contributed by atoms with van der Waals surface area (Å²) < 4.78 is 11.9. The summed E-state index contributed by atoms with van der Waals surface area (Å²) in [5.74, 6) is 0. The van der Waals surface area contributed by atoms with Crippen LogP contribution in [-0.4, -0.2) is 0 Å². The van der Waals surface area contributed by atoms with Gasteiger partial charge in [0.15, 0.2) is 0 Å². The third-order valence-electron chi connectivity index (χ3n) is 5.29. The molecular weight excluding hydrogens is 332 g/mol. The van der Waals surface area contributed by atoms with Crippen molar-refractivity contribution in [2.24, 2.45) is 0 Å². The Morgan fingerprint density at radius 3 is 1.41 bits per heavy atom. The first-order valence-corrected chi connectivity index (χ1v) is 9.15. The number of para-hydroxylation sites is 2. The molecule has 0 spiro atoms. The van der Waals surface area contributed by atoms with E-state index in [1.807, 2.05) is 24.3 Å². The van der Waals surface area contributed by atoms with Crippen molar-refractivity contribution in [3.05, 3.63) is 96.1 Å². The van der Waals surface area contributed by atoms with E-state index in [0.29, 0.717) is 0 Å². The van der Waals surface area contributed by atoms with Crippen molar-refractivity contribution in [1.82, 2.24) is 0 Å². The molecule has 0 aliphatic heterocycles. The second-order valence-electron chi connectivity index (χ2n) is 7.03. The molecule has 0 saturated carbocycles. The zero-order valence-electron chi connectivity index (χ0n) is 14.6. The molecule has 0 aliphatic rings. The average molecular weight is 348 g/mol. The van der Waals surface area contributed by atoms with Crippen molar-refractivity contribution >= 4 is 43.9 Å². The van der Waals surface area contributed by atoms with Crippen LogP contribution >= 0.6 is 0 Å². The van der Waals surface area contributed by atoms with Gasteiger partial charge in [0.1, 0.15) is 22.3 Å². The van der Waals surface area contributed by atoms with E-state index in [2.05, 4.69) is 60.7 Å². The summed E-state index contributed by atoms with van der Waals surface area (Å²) in [6.07, 6.45) is 0.880. The Kier molecular flexibility index (Phi) is 2.97. The summed E-state index contributed by atoms with van der Waals surface area (Å²) >= 11 is 0. The molecule has 0 amide bonds. The first kappa shape index (κ1) is 14.6. The van der Waals surface area contributed by atoms with Crippen LogP contribution in [0.15, 0.2) is 93.8 Å². The van der Waals surface area contributed by atoms with Crippen LogP contribution in [0.5, 0.6) is 0 Å². The lowest BCUT2D eigenvalue weighted by atomic mass is 10.0. The van der Waals surface area contributed by atoms with Gasteiger partial charge in [-0.2, -0.15) is 0 Å². The number of hydrogen-bond acceptors (Lipinski definition) is 2. The molecule has 0 aliphatic carbocycles. The second kappa shape index (κ2) is 5.49. The monoisotopic (exact) mass is 348 g/mol.